The van der Waals surface area contributed by atoms with Crippen molar-refractivity contribution in [2.24, 2.45) is 0 Å². The van der Waals surface area contributed by atoms with Gasteiger partial charge in [0.2, 0.25) is 0 Å². The first kappa shape index (κ1) is 14.5. The first-order chi connectivity index (χ1) is 8.00. The zero-order chi connectivity index (χ0) is 12.8. The maximum atomic E-state index is 11.8. The second kappa shape index (κ2) is 6.99. The Morgan fingerprint density at radius 2 is 2.12 bits per heavy atom. The average Bonchev–Trinajstić information content (AvgIpc) is 2.23. The van der Waals surface area contributed by atoms with Gasteiger partial charge in [-0.1, -0.05) is 25.4 Å². The fraction of sp³-hybridized carbons (Fsp3) is 0.417. The van der Waals surface area contributed by atoms with Crippen LogP contribution in [-0.4, -0.2) is 25.0 Å². The van der Waals surface area contributed by atoms with Crippen LogP contribution in [0.25, 0.3) is 0 Å². The van der Waals surface area contributed by atoms with Gasteiger partial charge in [-0.15, -0.1) is 0 Å². The lowest BCUT2D eigenvalue weighted by molar-refractivity contribution is 0.0953. The van der Waals surface area contributed by atoms with Gasteiger partial charge in [-0.05, 0) is 34.1 Å². The molecule has 0 fully saturated rings. The molecule has 5 heteroatoms. The van der Waals surface area contributed by atoms with Crippen LogP contribution in [0.4, 0.5) is 0 Å². The summed E-state index contributed by atoms with van der Waals surface area (Å²) in [6.07, 6.45) is 0. The minimum absolute atomic E-state index is 0.0981. The van der Waals surface area contributed by atoms with Crippen molar-refractivity contribution in [3.63, 3.8) is 0 Å². The molecule has 1 aromatic rings. The quantitative estimate of drug-likeness (QED) is 0.819. The van der Waals surface area contributed by atoms with Gasteiger partial charge in [0.1, 0.15) is 0 Å². The number of hydrogen-bond donors (Lipinski definition) is 2. The van der Waals surface area contributed by atoms with Gasteiger partial charge in [-0.2, -0.15) is 0 Å². The largest absolute Gasteiger partial charge is 0.351 e. The zero-order valence-corrected chi connectivity index (χ0v) is 12.2. The fourth-order valence-corrected chi connectivity index (χ4v) is 2.17. The molecule has 3 nitrogen and oxygen atoms in total. The highest BCUT2D eigenvalue weighted by atomic mass is 79.9. The van der Waals surface area contributed by atoms with E-state index >= 15 is 0 Å². The summed E-state index contributed by atoms with van der Waals surface area (Å²) in [6.45, 7) is 5.50. The minimum Gasteiger partial charge on any atom is -0.351 e. The summed E-state index contributed by atoms with van der Waals surface area (Å²) < 4.78 is 0.708. The Bertz CT molecular complexity index is 396. The second-order valence-electron chi connectivity index (χ2n) is 3.99. The molecular weight excluding hydrogens is 304 g/mol. The van der Waals surface area contributed by atoms with Gasteiger partial charge < -0.3 is 10.6 Å². The molecule has 94 valence electrons. The van der Waals surface area contributed by atoms with E-state index in [0.717, 1.165) is 6.54 Å². The molecule has 0 bridgehead atoms. The van der Waals surface area contributed by atoms with E-state index in [2.05, 4.69) is 40.4 Å². The van der Waals surface area contributed by atoms with Crippen LogP contribution in [0.3, 0.4) is 0 Å². The molecule has 0 spiro atoms. The SMILES string of the molecule is CC(C)NCCNC(=O)c1ccc(Cl)cc1Br. The van der Waals surface area contributed by atoms with Gasteiger partial charge in [-0.25, -0.2) is 0 Å². The highest BCUT2D eigenvalue weighted by molar-refractivity contribution is 9.10. The number of amides is 1. The van der Waals surface area contributed by atoms with E-state index in [1.54, 1.807) is 18.2 Å². The normalized spacial score (nSPS) is 10.6. The van der Waals surface area contributed by atoms with Gasteiger partial charge in [-0.3, -0.25) is 4.79 Å². The predicted molar refractivity (Wildman–Crippen MR) is 74.6 cm³/mol. The van der Waals surface area contributed by atoms with Crippen LogP contribution >= 0.6 is 27.5 Å². The Balaban J connectivity index is 2.47. The van der Waals surface area contributed by atoms with Crippen LogP contribution in [-0.2, 0) is 0 Å². The first-order valence-electron chi connectivity index (χ1n) is 5.47. The molecule has 0 saturated carbocycles. The molecule has 0 aliphatic rings. The van der Waals surface area contributed by atoms with Crippen LogP contribution in [0, 0.1) is 0 Å². The van der Waals surface area contributed by atoms with Crippen LogP contribution in [0.15, 0.2) is 22.7 Å². The molecule has 0 atom stereocenters. The maximum absolute atomic E-state index is 11.8. The van der Waals surface area contributed by atoms with Crippen molar-refractivity contribution in [3.05, 3.63) is 33.3 Å². The molecule has 0 unspecified atom stereocenters. The number of benzene rings is 1. The summed E-state index contributed by atoms with van der Waals surface area (Å²) in [5.41, 5.74) is 0.596. The first-order valence-corrected chi connectivity index (χ1v) is 6.64. The Kier molecular flexibility index (Phi) is 5.95. The van der Waals surface area contributed by atoms with E-state index in [9.17, 15) is 4.79 Å². The third-order valence-electron chi connectivity index (χ3n) is 2.14. The summed E-state index contributed by atoms with van der Waals surface area (Å²) in [5.74, 6) is -0.0981. The highest BCUT2D eigenvalue weighted by Gasteiger charge is 2.09. The summed E-state index contributed by atoms with van der Waals surface area (Å²) in [6, 6.07) is 5.54. The molecule has 1 rings (SSSR count). The lowest BCUT2D eigenvalue weighted by Gasteiger charge is -2.10. The summed E-state index contributed by atoms with van der Waals surface area (Å²) in [5, 5.41) is 6.67. The molecule has 0 radical (unpaired) electrons. The Hall–Kier alpha value is -0.580. The molecule has 0 saturated heterocycles. The topological polar surface area (TPSA) is 41.1 Å². The van der Waals surface area contributed by atoms with Gasteiger partial charge in [0.05, 0.1) is 5.56 Å². The van der Waals surface area contributed by atoms with Crippen LogP contribution in [0.1, 0.15) is 24.2 Å². The van der Waals surface area contributed by atoms with Gasteiger partial charge in [0.15, 0.2) is 0 Å². The standard InChI is InChI=1S/C12H16BrClN2O/c1-8(2)15-5-6-16-12(17)10-4-3-9(14)7-11(10)13/h3-4,7-8,15H,5-6H2,1-2H3,(H,16,17). The van der Waals surface area contributed by atoms with Crippen LogP contribution in [0.5, 0.6) is 0 Å². The van der Waals surface area contributed by atoms with E-state index < -0.39 is 0 Å². The number of carbonyl (C=O) groups is 1. The number of halogens is 2. The molecule has 0 aliphatic heterocycles. The molecule has 0 aliphatic carbocycles. The van der Waals surface area contributed by atoms with Gasteiger partial charge >= 0.3 is 0 Å². The van der Waals surface area contributed by atoms with Crippen molar-refractivity contribution in [2.45, 2.75) is 19.9 Å². The predicted octanol–water partition coefficient (Wildman–Crippen LogP) is 2.83. The Labute approximate surface area is 115 Å². The van der Waals surface area contributed by atoms with Crippen molar-refractivity contribution in [2.75, 3.05) is 13.1 Å². The Morgan fingerprint density at radius 1 is 1.41 bits per heavy atom. The van der Waals surface area contributed by atoms with Crippen molar-refractivity contribution in [3.8, 4) is 0 Å². The van der Waals surface area contributed by atoms with E-state index in [-0.39, 0.29) is 5.91 Å². The smallest absolute Gasteiger partial charge is 0.252 e. The summed E-state index contributed by atoms with van der Waals surface area (Å²) in [7, 11) is 0. The summed E-state index contributed by atoms with van der Waals surface area (Å²) in [4.78, 5) is 11.8. The van der Waals surface area contributed by atoms with Crippen molar-refractivity contribution in [1.29, 1.82) is 0 Å². The lowest BCUT2D eigenvalue weighted by atomic mass is 10.2. The number of carbonyl (C=O) groups excluding carboxylic acids is 1. The minimum atomic E-state index is -0.0981. The van der Waals surface area contributed by atoms with Gasteiger partial charge in [0.25, 0.3) is 5.91 Å². The maximum Gasteiger partial charge on any atom is 0.252 e. The van der Waals surface area contributed by atoms with Crippen molar-refractivity contribution < 1.29 is 4.79 Å². The second-order valence-corrected chi connectivity index (χ2v) is 5.28. The van der Waals surface area contributed by atoms with Crippen molar-refractivity contribution in [1.82, 2.24) is 10.6 Å². The average molecular weight is 320 g/mol. The van der Waals surface area contributed by atoms with Crippen molar-refractivity contribution >= 4 is 33.4 Å². The third-order valence-corrected chi connectivity index (χ3v) is 3.03. The fourth-order valence-electron chi connectivity index (χ4n) is 1.31. The molecule has 0 aromatic heterocycles. The molecule has 1 aromatic carbocycles. The van der Waals surface area contributed by atoms with E-state index in [0.29, 0.717) is 27.6 Å². The van der Waals surface area contributed by atoms with E-state index in [1.807, 2.05) is 0 Å². The zero-order valence-electron chi connectivity index (χ0n) is 9.89. The van der Waals surface area contributed by atoms with Gasteiger partial charge in [0, 0.05) is 28.6 Å². The monoisotopic (exact) mass is 318 g/mol. The lowest BCUT2D eigenvalue weighted by Crippen LogP contribution is -2.34. The molecule has 1 amide bonds. The number of hydrogen-bond acceptors (Lipinski definition) is 2. The number of nitrogens with one attached hydrogen (secondary N) is 2. The Morgan fingerprint density at radius 3 is 2.71 bits per heavy atom. The molecule has 2 N–H and O–H groups in total. The van der Waals surface area contributed by atoms with E-state index in [1.165, 1.54) is 0 Å². The highest BCUT2D eigenvalue weighted by Crippen LogP contribution is 2.21. The molecule has 0 heterocycles. The van der Waals surface area contributed by atoms with Crippen LogP contribution in [0.2, 0.25) is 5.02 Å². The molecule has 17 heavy (non-hydrogen) atoms. The summed E-state index contributed by atoms with van der Waals surface area (Å²) >= 11 is 9.13. The third kappa shape index (κ3) is 5.06. The van der Waals surface area contributed by atoms with E-state index in [4.69, 9.17) is 11.6 Å². The molecular formula is C12H16BrClN2O. The van der Waals surface area contributed by atoms with Crippen LogP contribution < -0.4 is 10.6 Å². The number of rotatable bonds is 5.